The van der Waals surface area contributed by atoms with Gasteiger partial charge in [-0.15, -0.1) is 5.10 Å². The maximum absolute atomic E-state index is 11.5. The fourth-order valence-electron chi connectivity index (χ4n) is 1.77. The molecule has 0 saturated heterocycles. The van der Waals surface area contributed by atoms with Crippen LogP contribution in [0.15, 0.2) is 42.6 Å². The average Bonchev–Trinajstić information content (AvgIpc) is 3.04. The quantitative estimate of drug-likeness (QED) is 0.435. The number of aromatic nitrogens is 3. The highest BCUT2D eigenvalue weighted by Crippen LogP contribution is 2.03. The molecule has 25 heavy (non-hydrogen) atoms. The van der Waals surface area contributed by atoms with Gasteiger partial charge in [-0.2, -0.15) is 0 Å². The number of nitrogens with zero attached hydrogens (tertiary/aromatic N) is 3. The molecule has 0 spiro atoms. The molecule has 0 fully saturated rings. The summed E-state index contributed by atoms with van der Waals surface area (Å²) in [4.78, 5) is 33.4. The number of hydrogen-bond acceptors (Lipinski definition) is 6. The van der Waals surface area contributed by atoms with Crippen LogP contribution in [0.4, 0.5) is 0 Å². The SMILES string of the molecule is CC(=O)NNC(=O)COC(=O)/C=C/c1cn(Cc2ccccc2)nn1. The van der Waals surface area contributed by atoms with Crippen molar-refractivity contribution in [2.24, 2.45) is 0 Å². The van der Waals surface area contributed by atoms with Gasteiger partial charge >= 0.3 is 5.97 Å². The maximum atomic E-state index is 11.5. The average molecular weight is 343 g/mol. The van der Waals surface area contributed by atoms with Crippen molar-refractivity contribution in [3.8, 4) is 0 Å². The van der Waals surface area contributed by atoms with E-state index in [0.29, 0.717) is 12.2 Å². The third-order valence-electron chi connectivity index (χ3n) is 2.86. The van der Waals surface area contributed by atoms with Crippen molar-refractivity contribution in [3.05, 3.63) is 53.9 Å². The minimum Gasteiger partial charge on any atom is -0.452 e. The predicted molar refractivity (Wildman–Crippen MR) is 87.5 cm³/mol. The standard InChI is InChI=1S/C16H17N5O4/c1-12(22)17-19-15(23)11-25-16(24)8-7-14-10-21(20-18-14)9-13-5-3-2-4-6-13/h2-8,10H,9,11H2,1H3,(H,17,22)(H,19,23)/b8-7+. The summed E-state index contributed by atoms with van der Waals surface area (Å²) < 4.78 is 6.36. The van der Waals surface area contributed by atoms with Crippen LogP contribution in [-0.2, 0) is 25.7 Å². The lowest BCUT2D eigenvalue weighted by Crippen LogP contribution is -2.42. The zero-order valence-corrected chi connectivity index (χ0v) is 13.5. The van der Waals surface area contributed by atoms with Gasteiger partial charge in [-0.3, -0.25) is 20.4 Å². The second kappa shape index (κ2) is 8.96. The first-order valence-corrected chi connectivity index (χ1v) is 7.37. The molecule has 1 aromatic carbocycles. The molecule has 2 aromatic rings. The molecular formula is C16H17N5O4. The van der Waals surface area contributed by atoms with E-state index in [2.05, 4.69) is 21.2 Å². The Balaban J connectivity index is 1.78. The summed E-state index contributed by atoms with van der Waals surface area (Å²) in [5, 5.41) is 7.88. The van der Waals surface area contributed by atoms with Crippen LogP contribution in [0.5, 0.6) is 0 Å². The minimum absolute atomic E-state index is 0.432. The van der Waals surface area contributed by atoms with Crippen molar-refractivity contribution in [1.82, 2.24) is 25.8 Å². The van der Waals surface area contributed by atoms with Crippen molar-refractivity contribution in [2.45, 2.75) is 13.5 Å². The van der Waals surface area contributed by atoms with E-state index in [1.54, 1.807) is 10.9 Å². The largest absolute Gasteiger partial charge is 0.452 e. The van der Waals surface area contributed by atoms with E-state index in [9.17, 15) is 14.4 Å². The zero-order chi connectivity index (χ0) is 18.1. The second-order valence-corrected chi connectivity index (χ2v) is 5.00. The molecule has 0 radical (unpaired) electrons. The van der Waals surface area contributed by atoms with Gasteiger partial charge in [0, 0.05) is 13.0 Å². The number of benzene rings is 1. The molecule has 2 amide bonds. The first-order valence-electron chi connectivity index (χ1n) is 7.37. The van der Waals surface area contributed by atoms with Crippen molar-refractivity contribution >= 4 is 23.9 Å². The summed E-state index contributed by atoms with van der Waals surface area (Å²) in [6.45, 7) is 1.29. The molecule has 1 heterocycles. The maximum Gasteiger partial charge on any atom is 0.331 e. The predicted octanol–water partition coefficient (Wildman–Crippen LogP) is 0.0501. The van der Waals surface area contributed by atoms with E-state index >= 15 is 0 Å². The van der Waals surface area contributed by atoms with Crippen molar-refractivity contribution < 1.29 is 19.1 Å². The Kier molecular flexibility index (Phi) is 6.40. The number of esters is 1. The zero-order valence-electron chi connectivity index (χ0n) is 13.5. The third kappa shape index (κ3) is 6.65. The van der Waals surface area contributed by atoms with E-state index < -0.39 is 24.4 Å². The van der Waals surface area contributed by atoms with E-state index in [4.69, 9.17) is 4.74 Å². The van der Waals surface area contributed by atoms with Crippen LogP contribution in [0.2, 0.25) is 0 Å². The molecule has 9 heteroatoms. The Morgan fingerprint density at radius 2 is 1.96 bits per heavy atom. The number of hydrazine groups is 1. The summed E-state index contributed by atoms with van der Waals surface area (Å²) in [5.74, 6) is -1.79. The summed E-state index contributed by atoms with van der Waals surface area (Å²) in [7, 11) is 0. The van der Waals surface area contributed by atoms with E-state index in [0.717, 1.165) is 11.6 Å². The molecule has 1 aromatic heterocycles. The molecule has 2 rings (SSSR count). The number of rotatable bonds is 6. The Morgan fingerprint density at radius 1 is 1.20 bits per heavy atom. The number of amides is 2. The van der Waals surface area contributed by atoms with Crippen molar-refractivity contribution in [2.75, 3.05) is 6.61 Å². The van der Waals surface area contributed by atoms with E-state index in [1.807, 2.05) is 30.3 Å². The normalized spacial score (nSPS) is 10.4. The highest BCUT2D eigenvalue weighted by Gasteiger charge is 2.05. The van der Waals surface area contributed by atoms with Gasteiger partial charge in [-0.25, -0.2) is 9.48 Å². The number of carbonyl (C=O) groups is 3. The van der Waals surface area contributed by atoms with E-state index in [-0.39, 0.29) is 0 Å². The summed E-state index contributed by atoms with van der Waals surface area (Å²) >= 11 is 0. The lowest BCUT2D eigenvalue weighted by molar-refractivity contribution is -0.144. The van der Waals surface area contributed by atoms with Crippen molar-refractivity contribution in [3.63, 3.8) is 0 Å². The fraction of sp³-hybridized carbons (Fsp3) is 0.188. The molecule has 0 bridgehead atoms. The molecule has 130 valence electrons. The van der Waals surface area contributed by atoms with E-state index in [1.165, 1.54) is 13.0 Å². The Hall–Kier alpha value is -3.49. The summed E-state index contributed by atoms with van der Waals surface area (Å²) in [6.07, 6.45) is 4.26. The third-order valence-corrected chi connectivity index (χ3v) is 2.86. The molecular weight excluding hydrogens is 326 g/mol. The first kappa shape index (κ1) is 17.9. The smallest absolute Gasteiger partial charge is 0.331 e. The molecule has 0 unspecified atom stereocenters. The topological polar surface area (TPSA) is 115 Å². The lowest BCUT2D eigenvalue weighted by atomic mass is 10.2. The molecule has 9 nitrogen and oxygen atoms in total. The number of carbonyl (C=O) groups excluding carboxylic acids is 3. The van der Waals surface area contributed by atoms with Gasteiger partial charge < -0.3 is 4.74 Å². The van der Waals surface area contributed by atoms with Crippen LogP contribution in [0, 0.1) is 0 Å². The van der Waals surface area contributed by atoms with Crippen molar-refractivity contribution in [1.29, 1.82) is 0 Å². The van der Waals surface area contributed by atoms with Gasteiger partial charge in [0.05, 0.1) is 12.7 Å². The molecule has 0 aliphatic heterocycles. The van der Waals surface area contributed by atoms with Gasteiger partial charge in [0.25, 0.3) is 5.91 Å². The summed E-state index contributed by atoms with van der Waals surface area (Å²) in [6, 6.07) is 9.75. The number of hydrogen-bond donors (Lipinski definition) is 2. The van der Waals surface area contributed by atoms with Gasteiger partial charge in [-0.05, 0) is 11.6 Å². The number of nitrogens with one attached hydrogen (secondary N) is 2. The van der Waals surface area contributed by atoms with Crippen LogP contribution < -0.4 is 10.9 Å². The van der Waals surface area contributed by atoms with Gasteiger partial charge in [0.1, 0.15) is 5.69 Å². The van der Waals surface area contributed by atoms with Gasteiger partial charge in [0.2, 0.25) is 5.91 Å². The van der Waals surface area contributed by atoms with Crippen LogP contribution in [0.3, 0.4) is 0 Å². The summed E-state index contributed by atoms with van der Waals surface area (Å²) in [5.41, 5.74) is 5.71. The highest BCUT2D eigenvalue weighted by atomic mass is 16.5. The van der Waals surface area contributed by atoms with Crippen LogP contribution in [0.25, 0.3) is 6.08 Å². The Labute approximate surface area is 143 Å². The molecule has 0 atom stereocenters. The molecule has 0 aliphatic carbocycles. The van der Waals surface area contributed by atoms with Crippen LogP contribution >= 0.6 is 0 Å². The molecule has 2 N–H and O–H groups in total. The Bertz CT molecular complexity index is 770. The van der Waals surface area contributed by atoms with Gasteiger partial charge in [-0.1, -0.05) is 35.5 Å². The lowest BCUT2D eigenvalue weighted by Gasteiger charge is -2.04. The fourth-order valence-corrected chi connectivity index (χ4v) is 1.77. The van der Waals surface area contributed by atoms with Gasteiger partial charge in [0.15, 0.2) is 6.61 Å². The molecule has 0 aliphatic rings. The second-order valence-electron chi connectivity index (χ2n) is 5.00. The minimum atomic E-state index is -0.712. The van der Waals surface area contributed by atoms with Crippen LogP contribution in [0.1, 0.15) is 18.2 Å². The number of ether oxygens (including phenoxy) is 1. The van der Waals surface area contributed by atoms with Crippen LogP contribution in [-0.4, -0.2) is 39.4 Å². The Morgan fingerprint density at radius 3 is 2.68 bits per heavy atom. The highest BCUT2D eigenvalue weighted by molar-refractivity contribution is 5.89. The monoisotopic (exact) mass is 343 g/mol. The first-order chi connectivity index (χ1) is 12.0. The molecule has 0 saturated carbocycles.